The molecule has 2 unspecified atom stereocenters. The van der Waals surface area contributed by atoms with Gasteiger partial charge in [0.1, 0.15) is 5.75 Å². The largest absolute Gasteiger partial charge is 0.496 e. The Bertz CT molecular complexity index is 387. The predicted octanol–water partition coefficient (Wildman–Crippen LogP) is 2.02. The molecule has 1 heterocycles. The first-order valence-electron chi connectivity index (χ1n) is 6.32. The van der Waals surface area contributed by atoms with Crippen molar-refractivity contribution in [1.82, 2.24) is 0 Å². The number of ether oxygens (including phenoxy) is 3. The molecule has 1 fully saturated rings. The Balaban J connectivity index is 2.05. The second-order valence-electron chi connectivity index (χ2n) is 4.66. The molecule has 2 atom stereocenters. The lowest BCUT2D eigenvalue weighted by molar-refractivity contribution is 0.0308. The van der Waals surface area contributed by atoms with Crippen LogP contribution in [0.5, 0.6) is 5.75 Å². The van der Waals surface area contributed by atoms with Crippen LogP contribution in [0.3, 0.4) is 0 Å². The number of methoxy groups -OCH3 is 1. The number of hydrogen-bond acceptors (Lipinski definition) is 4. The summed E-state index contributed by atoms with van der Waals surface area (Å²) in [4.78, 5) is 0. The van der Waals surface area contributed by atoms with Crippen LogP contribution < -0.4 is 10.5 Å². The first-order valence-corrected chi connectivity index (χ1v) is 6.32. The van der Waals surface area contributed by atoms with Gasteiger partial charge in [0.2, 0.25) is 0 Å². The van der Waals surface area contributed by atoms with E-state index in [9.17, 15) is 0 Å². The van der Waals surface area contributed by atoms with Gasteiger partial charge in [-0.15, -0.1) is 0 Å². The third kappa shape index (κ3) is 3.22. The first kappa shape index (κ1) is 13.3. The van der Waals surface area contributed by atoms with Crippen molar-refractivity contribution in [2.75, 3.05) is 20.3 Å². The predicted molar refractivity (Wildman–Crippen MR) is 69.6 cm³/mol. The highest BCUT2D eigenvalue weighted by atomic mass is 16.5. The maximum absolute atomic E-state index is 5.89. The molecule has 1 saturated heterocycles. The highest BCUT2D eigenvalue weighted by Gasteiger charge is 2.17. The van der Waals surface area contributed by atoms with Gasteiger partial charge in [-0.2, -0.15) is 0 Å². The average Bonchev–Trinajstić information content (AvgIpc) is 2.89. The minimum absolute atomic E-state index is 0.0180. The van der Waals surface area contributed by atoms with Crippen LogP contribution in [-0.2, 0) is 16.1 Å². The Morgan fingerprint density at radius 3 is 2.94 bits per heavy atom. The van der Waals surface area contributed by atoms with Crippen LogP contribution in [0.1, 0.15) is 30.5 Å². The molecule has 0 saturated carbocycles. The molecule has 0 aliphatic carbocycles. The van der Waals surface area contributed by atoms with Crippen LogP contribution in [0.2, 0.25) is 0 Å². The molecule has 1 aliphatic heterocycles. The molecular weight excluding hydrogens is 230 g/mol. The lowest BCUT2D eigenvalue weighted by Crippen LogP contribution is -2.13. The van der Waals surface area contributed by atoms with E-state index >= 15 is 0 Å². The van der Waals surface area contributed by atoms with E-state index in [4.69, 9.17) is 19.9 Å². The highest BCUT2D eigenvalue weighted by molar-refractivity contribution is 5.37. The van der Waals surface area contributed by atoms with Crippen molar-refractivity contribution in [2.24, 2.45) is 5.73 Å². The number of nitrogens with two attached hydrogens (primary N) is 1. The molecule has 2 rings (SSSR count). The summed E-state index contributed by atoms with van der Waals surface area (Å²) in [6.45, 7) is 3.99. The highest BCUT2D eigenvalue weighted by Crippen LogP contribution is 2.24. The van der Waals surface area contributed by atoms with Gasteiger partial charge in [-0.25, -0.2) is 0 Å². The summed E-state index contributed by atoms with van der Waals surface area (Å²) in [5, 5.41) is 0. The molecule has 1 aromatic rings. The first-order chi connectivity index (χ1) is 8.70. The quantitative estimate of drug-likeness (QED) is 0.870. The van der Waals surface area contributed by atoms with Crippen molar-refractivity contribution >= 4 is 0 Å². The molecule has 4 heteroatoms. The van der Waals surface area contributed by atoms with E-state index in [0.717, 1.165) is 29.9 Å². The van der Waals surface area contributed by atoms with Gasteiger partial charge in [-0.05, 0) is 31.0 Å². The Labute approximate surface area is 108 Å². The molecule has 4 nitrogen and oxygen atoms in total. The van der Waals surface area contributed by atoms with E-state index < -0.39 is 0 Å². The van der Waals surface area contributed by atoms with Gasteiger partial charge in [0, 0.05) is 18.2 Å². The topological polar surface area (TPSA) is 53.7 Å². The third-order valence-electron chi connectivity index (χ3n) is 3.19. The van der Waals surface area contributed by atoms with Crippen molar-refractivity contribution < 1.29 is 14.2 Å². The maximum atomic E-state index is 5.89. The number of benzene rings is 1. The van der Waals surface area contributed by atoms with E-state index in [1.165, 1.54) is 0 Å². The molecule has 0 spiro atoms. The van der Waals surface area contributed by atoms with Crippen molar-refractivity contribution in [3.05, 3.63) is 29.3 Å². The third-order valence-corrected chi connectivity index (χ3v) is 3.19. The van der Waals surface area contributed by atoms with Gasteiger partial charge in [0.25, 0.3) is 0 Å². The molecule has 2 N–H and O–H groups in total. The zero-order valence-corrected chi connectivity index (χ0v) is 11.0. The van der Waals surface area contributed by atoms with Gasteiger partial charge in [-0.1, -0.05) is 6.07 Å². The second kappa shape index (κ2) is 6.18. The molecule has 18 heavy (non-hydrogen) atoms. The summed E-state index contributed by atoms with van der Waals surface area (Å²) in [7, 11) is 1.67. The van der Waals surface area contributed by atoms with E-state index in [0.29, 0.717) is 13.2 Å². The monoisotopic (exact) mass is 251 g/mol. The molecule has 0 aromatic heterocycles. The van der Waals surface area contributed by atoms with Crippen LogP contribution >= 0.6 is 0 Å². The minimum atomic E-state index is 0.0180. The van der Waals surface area contributed by atoms with E-state index in [1.807, 2.05) is 19.1 Å². The van der Waals surface area contributed by atoms with Gasteiger partial charge >= 0.3 is 0 Å². The van der Waals surface area contributed by atoms with Crippen LogP contribution in [0.15, 0.2) is 18.2 Å². The molecule has 100 valence electrons. The van der Waals surface area contributed by atoms with Crippen molar-refractivity contribution in [2.45, 2.75) is 32.1 Å². The maximum Gasteiger partial charge on any atom is 0.124 e. The lowest BCUT2D eigenvalue weighted by Gasteiger charge is -2.15. The minimum Gasteiger partial charge on any atom is -0.496 e. The van der Waals surface area contributed by atoms with Crippen LogP contribution in [0.25, 0.3) is 0 Å². The fourth-order valence-corrected chi connectivity index (χ4v) is 2.05. The molecule has 0 bridgehead atoms. The molecular formula is C14H21NO3. The van der Waals surface area contributed by atoms with Crippen LogP contribution in [0.4, 0.5) is 0 Å². The molecule has 1 aliphatic rings. The normalized spacial score (nSPS) is 20.9. The second-order valence-corrected chi connectivity index (χ2v) is 4.66. The standard InChI is InChI=1S/C14H21NO3/c1-10(15)11-3-4-14(16-2)12(7-11)8-18-13-5-6-17-9-13/h3-4,7,10,13H,5-6,8-9,15H2,1-2H3. The average molecular weight is 251 g/mol. The fourth-order valence-electron chi connectivity index (χ4n) is 2.05. The molecule has 0 amide bonds. The van der Waals surface area contributed by atoms with Gasteiger partial charge in [0.15, 0.2) is 0 Å². The Morgan fingerprint density at radius 1 is 1.50 bits per heavy atom. The van der Waals surface area contributed by atoms with E-state index in [2.05, 4.69) is 6.07 Å². The summed E-state index contributed by atoms with van der Waals surface area (Å²) < 4.78 is 16.5. The Kier molecular flexibility index (Phi) is 4.58. The summed E-state index contributed by atoms with van der Waals surface area (Å²) >= 11 is 0. The smallest absolute Gasteiger partial charge is 0.124 e. The fraction of sp³-hybridized carbons (Fsp3) is 0.571. The summed E-state index contributed by atoms with van der Waals surface area (Å²) in [5.74, 6) is 0.846. The zero-order chi connectivity index (χ0) is 13.0. The van der Waals surface area contributed by atoms with Crippen molar-refractivity contribution in [1.29, 1.82) is 0 Å². The van der Waals surface area contributed by atoms with Crippen molar-refractivity contribution in [3.63, 3.8) is 0 Å². The van der Waals surface area contributed by atoms with Crippen LogP contribution in [0, 0.1) is 0 Å². The van der Waals surface area contributed by atoms with Gasteiger partial charge in [0.05, 0.1) is 26.4 Å². The lowest BCUT2D eigenvalue weighted by atomic mass is 10.1. The number of hydrogen-bond donors (Lipinski definition) is 1. The van der Waals surface area contributed by atoms with Crippen molar-refractivity contribution in [3.8, 4) is 5.75 Å². The zero-order valence-electron chi connectivity index (χ0n) is 11.0. The van der Waals surface area contributed by atoms with Crippen LogP contribution in [-0.4, -0.2) is 26.4 Å². The summed E-state index contributed by atoms with van der Waals surface area (Å²) in [6, 6.07) is 6.01. The summed E-state index contributed by atoms with van der Waals surface area (Å²) in [5.41, 5.74) is 8.03. The Morgan fingerprint density at radius 2 is 2.33 bits per heavy atom. The summed E-state index contributed by atoms with van der Waals surface area (Å²) in [6.07, 6.45) is 1.17. The Hall–Kier alpha value is -1.10. The SMILES string of the molecule is COc1ccc(C(C)N)cc1COC1CCOC1. The molecule has 0 radical (unpaired) electrons. The van der Waals surface area contributed by atoms with E-state index in [-0.39, 0.29) is 12.1 Å². The van der Waals surface area contributed by atoms with E-state index in [1.54, 1.807) is 7.11 Å². The van der Waals surface area contributed by atoms with Gasteiger partial charge in [-0.3, -0.25) is 0 Å². The molecule has 1 aromatic carbocycles. The van der Waals surface area contributed by atoms with Gasteiger partial charge < -0.3 is 19.9 Å². The number of rotatable bonds is 5.